The molecule has 0 aliphatic heterocycles. The molecule has 0 spiro atoms. The molecule has 1 N–H and O–H groups in total. The molecule has 0 unspecified atom stereocenters. The summed E-state index contributed by atoms with van der Waals surface area (Å²) in [5.74, 6) is 0.0976. The van der Waals surface area contributed by atoms with Crippen molar-refractivity contribution in [3.8, 4) is 5.75 Å². The monoisotopic (exact) mass is 467 g/mol. The summed E-state index contributed by atoms with van der Waals surface area (Å²) in [6.45, 7) is 6.06. The summed E-state index contributed by atoms with van der Waals surface area (Å²) in [4.78, 5) is 2.00. The van der Waals surface area contributed by atoms with E-state index >= 15 is 0 Å². The largest absolute Gasteiger partial charge is 0.495 e. The molecule has 0 saturated carbocycles. The van der Waals surface area contributed by atoms with E-state index in [1.165, 1.54) is 13.2 Å². The molecule has 7 heteroatoms. The molecule has 174 valence electrons. The van der Waals surface area contributed by atoms with Gasteiger partial charge in [-0.15, -0.1) is 0 Å². The third-order valence-electron chi connectivity index (χ3n) is 5.69. The zero-order valence-corrected chi connectivity index (χ0v) is 20.6. The van der Waals surface area contributed by atoms with Gasteiger partial charge >= 0.3 is 0 Å². The van der Waals surface area contributed by atoms with E-state index in [-0.39, 0.29) is 10.6 Å². The molecule has 0 aromatic heterocycles. The molecule has 0 radical (unpaired) electrons. The second-order valence-corrected chi connectivity index (χ2v) is 9.27. The molecule has 0 fully saturated rings. The first-order valence-corrected chi connectivity index (χ1v) is 12.3. The van der Waals surface area contributed by atoms with Crippen molar-refractivity contribution in [1.29, 1.82) is 0 Å². The van der Waals surface area contributed by atoms with Crippen LogP contribution in [-0.2, 0) is 10.1 Å². The molecule has 1 aliphatic carbocycles. The Morgan fingerprint density at radius 2 is 1.52 bits per heavy atom. The zero-order chi connectivity index (χ0) is 24.2. The van der Waals surface area contributed by atoms with Crippen molar-refractivity contribution in [2.75, 3.05) is 39.2 Å². The quantitative estimate of drug-likeness (QED) is 0.482. The standard InChI is InChI=1S/C26H30N2O4S/c1-6-28(7-2)23-15-10-20(11-16-23)26(19-8-13-22(14-9-19)27(3)4)21-12-17-24(32-5)25(18-21)33(29,30)31/h8-18H,6-7H2,1-5H3/p+1. The minimum absolute atomic E-state index is 0.0976. The predicted molar refractivity (Wildman–Crippen MR) is 134 cm³/mol. The molecule has 0 amide bonds. The van der Waals surface area contributed by atoms with E-state index in [0.717, 1.165) is 41.2 Å². The van der Waals surface area contributed by atoms with Gasteiger partial charge in [0.25, 0.3) is 10.1 Å². The highest BCUT2D eigenvalue weighted by Crippen LogP contribution is 2.34. The summed E-state index contributed by atoms with van der Waals surface area (Å²) < 4.78 is 41.0. The van der Waals surface area contributed by atoms with Gasteiger partial charge in [0.1, 0.15) is 24.7 Å². The number of anilines is 1. The number of ether oxygens (including phenoxy) is 1. The number of hydrogen-bond acceptors (Lipinski definition) is 4. The molecule has 1 aliphatic rings. The van der Waals surface area contributed by atoms with Crippen LogP contribution in [0.25, 0.3) is 5.57 Å². The van der Waals surface area contributed by atoms with Crippen LogP contribution in [0.3, 0.4) is 0 Å². The lowest BCUT2D eigenvalue weighted by atomic mass is 9.90. The summed E-state index contributed by atoms with van der Waals surface area (Å²) in [5.41, 5.74) is 5.58. The lowest BCUT2D eigenvalue weighted by Crippen LogP contribution is -2.21. The lowest BCUT2D eigenvalue weighted by molar-refractivity contribution is -0.462. The van der Waals surface area contributed by atoms with Crippen molar-refractivity contribution in [3.63, 3.8) is 0 Å². The van der Waals surface area contributed by atoms with Crippen LogP contribution in [-0.4, -0.2) is 57.6 Å². The van der Waals surface area contributed by atoms with Crippen molar-refractivity contribution in [2.24, 2.45) is 0 Å². The molecule has 0 heterocycles. The van der Waals surface area contributed by atoms with Crippen LogP contribution in [0.2, 0.25) is 0 Å². The van der Waals surface area contributed by atoms with E-state index in [2.05, 4.69) is 30.9 Å². The third-order valence-corrected chi connectivity index (χ3v) is 6.56. The fourth-order valence-corrected chi connectivity index (χ4v) is 4.57. The topological polar surface area (TPSA) is 69.8 Å². The number of hydrogen-bond donors (Lipinski definition) is 1. The maximum atomic E-state index is 12.0. The first kappa shape index (κ1) is 24.5. The molecule has 2 aromatic carbocycles. The summed E-state index contributed by atoms with van der Waals surface area (Å²) in [6.07, 6.45) is 8.07. The average molecular weight is 468 g/mol. The van der Waals surface area contributed by atoms with E-state index in [1.807, 2.05) is 55.1 Å². The Morgan fingerprint density at radius 3 is 2.00 bits per heavy atom. The molecule has 2 aromatic rings. The van der Waals surface area contributed by atoms with Crippen molar-refractivity contribution in [2.45, 2.75) is 18.7 Å². The number of benzene rings is 2. The Morgan fingerprint density at radius 1 is 0.939 bits per heavy atom. The van der Waals surface area contributed by atoms with Gasteiger partial charge < -0.3 is 9.64 Å². The highest BCUT2D eigenvalue weighted by atomic mass is 32.2. The molecule has 0 saturated heterocycles. The van der Waals surface area contributed by atoms with Crippen LogP contribution in [0.4, 0.5) is 5.69 Å². The van der Waals surface area contributed by atoms with Gasteiger partial charge in [0.2, 0.25) is 0 Å². The molecule has 6 nitrogen and oxygen atoms in total. The van der Waals surface area contributed by atoms with Gasteiger partial charge in [-0.1, -0.05) is 18.2 Å². The molecular formula is C26H31N2O4S+. The van der Waals surface area contributed by atoms with Crippen LogP contribution in [0, 0.1) is 0 Å². The summed E-state index contributed by atoms with van der Waals surface area (Å²) in [5, 5.41) is 0. The van der Waals surface area contributed by atoms with E-state index in [0.29, 0.717) is 5.56 Å². The molecular weight excluding hydrogens is 436 g/mol. The first-order valence-electron chi connectivity index (χ1n) is 10.9. The molecule has 0 bridgehead atoms. The van der Waals surface area contributed by atoms with Crippen LogP contribution in [0.5, 0.6) is 5.75 Å². The number of allylic oxidation sites excluding steroid dienone is 5. The maximum absolute atomic E-state index is 12.0. The number of nitrogens with zero attached hydrogens (tertiary/aromatic N) is 2. The first-order chi connectivity index (χ1) is 15.7. The summed E-state index contributed by atoms with van der Waals surface area (Å²) in [7, 11) is 0.874. The Hall–Kier alpha value is -3.16. The van der Waals surface area contributed by atoms with Crippen molar-refractivity contribution in [3.05, 3.63) is 83.5 Å². The number of methoxy groups -OCH3 is 1. The van der Waals surface area contributed by atoms with Crippen LogP contribution in [0.15, 0.2) is 77.2 Å². The SMILES string of the molecule is CCN(CC)c1ccc(C(=C2C=CC(=[N+](C)C)C=C2)c2ccc(OC)c(S(=O)(=O)O)c2)cc1. The third kappa shape index (κ3) is 5.43. The predicted octanol–water partition coefficient (Wildman–Crippen LogP) is 4.43. The van der Waals surface area contributed by atoms with Crippen LogP contribution >= 0.6 is 0 Å². The second-order valence-electron chi connectivity index (χ2n) is 7.88. The van der Waals surface area contributed by atoms with Crippen molar-refractivity contribution in [1.82, 2.24) is 0 Å². The minimum atomic E-state index is -4.46. The minimum Gasteiger partial charge on any atom is -0.495 e. The number of rotatable bonds is 7. The highest BCUT2D eigenvalue weighted by molar-refractivity contribution is 7.86. The van der Waals surface area contributed by atoms with E-state index in [9.17, 15) is 13.0 Å². The van der Waals surface area contributed by atoms with Gasteiger partial charge in [-0.25, -0.2) is 4.58 Å². The lowest BCUT2D eigenvalue weighted by Gasteiger charge is -2.22. The molecule has 3 rings (SSSR count). The molecule has 0 atom stereocenters. The normalized spacial score (nSPS) is 13.3. The fourth-order valence-electron chi connectivity index (χ4n) is 3.89. The maximum Gasteiger partial charge on any atom is 0.298 e. The summed E-state index contributed by atoms with van der Waals surface area (Å²) in [6, 6.07) is 13.1. The van der Waals surface area contributed by atoms with Crippen molar-refractivity contribution >= 4 is 27.1 Å². The van der Waals surface area contributed by atoms with E-state index < -0.39 is 10.1 Å². The van der Waals surface area contributed by atoms with Crippen LogP contribution in [0.1, 0.15) is 25.0 Å². The fraction of sp³-hybridized carbons (Fsp3) is 0.269. The van der Waals surface area contributed by atoms with Gasteiger partial charge in [-0.3, -0.25) is 4.55 Å². The Balaban J connectivity index is 2.23. The highest BCUT2D eigenvalue weighted by Gasteiger charge is 2.20. The zero-order valence-electron chi connectivity index (χ0n) is 19.7. The summed E-state index contributed by atoms with van der Waals surface area (Å²) >= 11 is 0. The van der Waals surface area contributed by atoms with Gasteiger partial charge in [0, 0.05) is 30.9 Å². The van der Waals surface area contributed by atoms with Crippen molar-refractivity contribution < 1.29 is 22.3 Å². The van der Waals surface area contributed by atoms with Gasteiger partial charge in [0.15, 0.2) is 5.71 Å². The Labute approximate surface area is 196 Å². The average Bonchev–Trinajstić information content (AvgIpc) is 2.80. The Bertz CT molecular complexity index is 1230. The van der Waals surface area contributed by atoms with Gasteiger partial charge in [0.05, 0.1) is 7.11 Å². The van der Waals surface area contributed by atoms with E-state index in [4.69, 9.17) is 4.74 Å². The molecule has 33 heavy (non-hydrogen) atoms. The smallest absolute Gasteiger partial charge is 0.298 e. The van der Waals surface area contributed by atoms with Gasteiger partial charge in [-0.05, 0) is 72.5 Å². The van der Waals surface area contributed by atoms with Gasteiger partial charge in [-0.2, -0.15) is 8.42 Å². The van der Waals surface area contributed by atoms with Crippen LogP contribution < -0.4 is 9.64 Å². The van der Waals surface area contributed by atoms with E-state index in [1.54, 1.807) is 12.1 Å². The Kier molecular flexibility index (Phi) is 7.56. The second kappa shape index (κ2) is 10.2.